The largest absolute Gasteiger partial charge is 0.496 e. The van der Waals surface area contributed by atoms with Crippen LogP contribution in [0.5, 0.6) is 11.5 Å². The van der Waals surface area contributed by atoms with E-state index in [9.17, 15) is 5.11 Å². The molecule has 1 aromatic rings. The van der Waals surface area contributed by atoms with Gasteiger partial charge in [0.2, 0.25) is 0 Å². The molecule has 0 aliphatic heterocycles. The van der Waals surface area contributed by atoms with E-state index < -0.39 is 0 Å². The van der Waals surface area contributed by atoms with Gasteiger partial charge in [0.1, 0.15) is 11.5 Å². The van der Waals surface area contributed by atoms with Gasteiger partial charge in [-0.15, -0.1) is 0 Å². The third-order valence-electron chi connectivity index (χ3n) is 6.42. The van der Waals surface area contributed by atoms with E-state index in [1.54, 1.807) is 14.2 Å². The molecule has 0 unspecified atom stereocenters. The Morgan fingerprint density at radius 2 is 1.68 bits per heavy atom. The average molecular weight is 389 g/mol. The zero-order chi connectivity index (χ0) is 20.9. The number of methoxy groups -OCH3 is 2. The Balaban J connectivity index is 2.43. The summed E-state index contributed by atoms with van der Waals surface area (Å²) in [5.41, 5.74) is 3.56. The fourth-order valence-corrected chi connectivity index (χ4v) is 4.57. The summed E-state index contributed by atoms with van der Waals surface area (Å²) >= 11 is 0. The van der Waals surface area contributed by atoms with Gasteiger partial charge in [0.25, 0.3) is 0 Å². The summed E-state index contributed by atoms with van der Waals surface area (Å²) in [5, 5.41) is 9.66. The van der Waals surface area contributed by atoms with E-state index in [2.05, 4.69) is 52.8 Å². The van der Waals surface area contributed by atoms with Crippen LogP contribution in [0.3, 0.4) is 0 Å². The minimum atomic E-state index is 0.0236. The van der Waals surface area contributed by atoms with Crippen LogP contribution in [0.25, 0.3) is 0 Å². The van der Waals surface area contributed by atoms with Crippen molar-refractivity contribution in [2.45, 2.75) is 84.5 Å². The number of aliphatic hydroxyl groups excluding tert-OH is 1. The molecule has 0 fully saturated rings. The molecule has 0 saturated heterocycles. The molecule has 1 atom stereocenters. The monoisotopic (exact) mass is 388 g/mol. The number of hydrogen-bond donors (Lipinski definition) is 1. The van der Waals surface area contributed by atoms with Gasteiger partial charge in [0, 0.05) is 11.5 Å². The highest BCUT2D eigenvalue weighted by Crippen LogP contribution is 2.53. The van der Waals surface area contributed by atoms with Gasteiger partial charge >= 0.3 is 0 Å². The lowest BCUT2D eigenvalue weighted by atomic mass is 9.74. The first kappa shape index (κ1) is 22.8. The molecule has 28 heavy (non-hydrogen) atoms. The molecule has 0 amide bonds. The third kappa shape index (κ3) is 4.92. The lowest BCUT2D eigenvalue weighted by Gasteiger charge is -2.32. The average Bonchev–Trinajstić information content (AvgIpc) is 2.98. The smallest absolute Gasteiger partial charge is 0.126 e. The molecule has 0 radical (unpaired) electrons. The summed E-state index contributed by atoms with van der Waals surface area (Å²) in [6, 6.07) is 4.41. The van der Waals surface area contributed by atoms with Gasteiger partial charge < -0.3 is 14.6 Å². The van der Waals surface area contributed by atoms with Crippen LogP contribution in [0.15, 0.2) is 23.8 Å². The highest BCUT2D eigenvalue weighted by Gasteiger charge is 2.39. The van der Waals surface area contributed by atoms with Crippen LogP contribution in [0, 0.1) is 5.41 Å². The molecule has 0 bridgehead atoms. The van der Waals surface area contributed by atoms with Crippen molar-refractivity contribution in [2.75, 3.05) is 20.8 Å². The minimum Gasteiger partial charge on any atom is -0.496 e. The Kier molecular flexibility index (Phi) is 7.61. The Morgan fingerprint density at radius 3 is 2.14 bits per heavy atom. The number of ether oxygens (including phenoxy) is 2. The maximum atomic E-state index is 9.66. The van der Waals surface area contributed by atoms with Gasteiger partial charge in [-0.1, -0.05) is 66.4 Å². The van der Waals surface area contributed by atoms with Crippen LogP contribution in [-0.4, -0.2) is 25.9 Å². The molecule has 1 aromatic carbocycles. The topological polar surface area (TPSA) is 38.7 Å². The number of aliphatic hydroxyl groups is 1. The Bertz CT molecular complexity index is 660. The predicted octanol–water partition coefficient (Wildman–Crippen LogP) is 6.38. The molecule has 0 aromatic heterocycles. The first-order chi connectivity index (χ1) is 13.2. The van der Waals surface area contributed by atoms with Crippen molar-refractivity contribution in [3.63, 3.8) is 0 Å². The van der Waals surface area contributed by atoms with Crippen LogP contribution >= 0.6 is 0 Å². The van der Waals surface area contributed by atoms with E-state index in [0.717, 1.165) is 35.5 Å². The number of unbranched alkanes of at least 4 members (excludes halogenated alkanes) is 3. The summed E-state index contributed by atoms with van der Waals surface area (Å²) in [7, 11) is 3.49. The number of allylic oxidation sites excluding steroid dienone is 1. The predicted molar refractivity (Wildman–Crippen MR) is 118 cm³/mol. The van der Waals surface area contributed by atoms with Gasteiger partial charge in [0.15, 0.2) is 0 Å². The number of rotatable bonds is 10. The van der Waals surface area contributed by atoms with Crippen molar-refractivity contribution in [3.8, 4) is 11.5 Å². The Hall–Kier alpha value is -1.48. The molecule has 3 heteroatoms. The summed E-state index contributed by atoms with van der Waals surface area (Å²) in [6.07, 6.45) is 9.35. The summed E-state index contributed by atoms with van der Waals surface area (Å²) in [6.45, 7) is 11.5. The molecule has 0 saturated carbocycles. The Labute approximate surface area is 172 Å². The van der Waals surface area contributed by atoms with E-state index in [0.29, 0.717) is 0 Å². The van der Waals surface area contributed by atoms with Crippen molar-refractivity contribution >= 4 is 0 Å². The van der Waals surface area contributed by atoms with E-state index >= 15 is 0 Å². The highest BCUT2D eigenvalue weighted by atomic mass is 16.5. The molecule has 0 spiro atoms. The summed E-state index contributed by atoms with van der Waals surface area (Å²) in [5.74, 6) is 1.95. The molecule has 1 aliphatic carbocycles. The lowest BCUT2D eigenvalue weighted by Crippen LogP contribution is -2.20. The van der Waals surface area contributed by atoms with Gasteiger partial charge in [0.05, 0.1) is 20.8 Å². The minimum absolute atomic E-state index is 0.0236. The third-order valence-corrected chi connectivity index (χ3v) is 6.42. The normalized spacial score (nSPS) is 18.9. The molecule has 2 rings (SSSR count). The van der Waals surface area contributed by atoms with Gasteiger partial charge in [-0.25, -0.2) is 0 Å². The molecule has 1 aliphatic rings. The number of benzene rings is 1. The SMILES string of the molecule is CCCCCCC(C)(C)c1cc(OC)c([C@H]2C=C(CO)CC2(C)C)c(OC)c1. The standard InChI is InChI=1S/C25H40O3/c1-8-9-10-11-12-24(2,3)19-14-21(27-6)23(22(15-19)28-7)20-13-18(17-26)16-25(20,4)5/h13-15,20,26H,8-12,16-17H2,1-7H3/t20-/m1/s1. The van der Waals surface area contributed by atoms with Crippen molar-refractivity contribution in [1.82, 2.24) is 0 Å². The Morgan fingerprint density at radius 1 is 1.07 bits per heavy atom. The summed E-state index contributed by atoms with van der Waals surface area (Å²) < 4.78 is 11.7. The van der Waals surface area contributed by atoms with Crippen LogP contribution in [-0.2, 0) is 5.41 Å². The first-order valence-electron chi connectivity index (χ1n) is 10.8. The fraction of sp³-hybridized carbons (Fsp3) is 0.680. The second kappa shape index (κ2) is 9.35. The first-order valence-corrected chi connectivity index (χ1v) is 10.8. The van der Waals surface area contributed by atoms with Gasteiger partial charge in [-0.05, 0) is 46.9 Å². The van der Waals surface area contributed by atoms with Crippen LogP contribution in [0.2, 0.25) is 0 Å². The van der Waals surface area contributed by atoms with Crippen LogP contribution in [0.4, 0.5) is 0 Å². The van der Waals surface area contributed by atoms with Crippen molar-refractivity contribution in [2.24, 2.45) is 5.41 Å². The van der Waals surface area contributed by atoms with Gasteiger partial charge in [-0.3, -0.25) is 0 Å². The van der Waals surface area contributed by atoms with E-state index in [1.165, 1.54) is 31.2 Å². The van der Waals surface area contributed by atoms with E-state index in [-0.39, 0.29) is 23.4 Å². The van der Waals surface area contributed by atoms with Crippen molar-refractivity contribution in [3.05, 3.63) is 34.9 Å². The molecule has 1 N–H and O–H groups in total. The maximum Gasteiger partial charge on any atom is 0.126 e. The second-order valence-corrected chi connectivity index (χ2v) is 9.62. The molecule has 3 nitrogen and oxygen atoms in total. The lowest BCUT2D eigenvalue weighted by molar-refractivity contribution is 0.295. The quantitative estimate of drug-likeness (QED) is 0.373. The zero-order valence-corrected chi connectivity index (χ0v) is 19.0. The zero-order valence-electron chi connectivity index (χ0n) is 19.0. The molecular weight excluding hydrogens is 348 g/mol. The fourth-order valence-electron chi connectivity index (χ4n) is 4.57. The molecular formula is C25H40O3. The molecule has 0 heterocycles. The van der Waals surface area contributed by atoms with Crippen LogP contribution in [0.1, 0.15) is 90.2 Å². The van der Waals surface area contributed by atoms with Gasteiger partial charge in [-0.2, -0.15) is 0 Å². The maximum absolute atomic E-state index is 9.66. The van der Waals surface area contributed by atoms with Crippen molar-refractivity contribution in [1.29, 1.82) is 0 Å². The second-order valence-electron chi connectivity index (χ2n) is 9.62. The molecule has 158 valence electrons. The highest BCUT2D eigenvalue weighted by molar-refractivity contribution is 5.55. The van der Waals surface area contributed by atoms with Crippen molar-refractivity contribution < 1.29 is 14.6 Å². The van der Waals surface area contributed by atoms with E-state index in [4.69, 9.17) is 9.47 Å². The number of hydrogen-bond acceptors (Lipinski definition) is 3. The van der Waals surface area contributed by atoms with E-state index in [1.807, 2.05) is 0 Å². The summed E-state index contributed by atoms with van der Waals surface area (Å²) in [4.78, 5) is 0. The van der Waals surface area contributed by atoms with Crippen LogP contribution < -0.4 is 9.47 Å².